The molecule has 0 amide bonds. The van der Waals surface area contributed by atoms with E-state index in [1.807, 2.05) is 0 Å². The quantitative estimate of drug-likeness (QED) is 0.362. The van der Waals surface area contributed by atoms with Gasteiger partial charge in [-0.15, -0.1) is 0 Å². The predicted molar refractivity (Wildman–Crippen MR) is 32.4 cm³/mol. The number of furan rings is 1. The van der Waals surface area contributed by atoms with E-state index in [2.05, 4.69) is 4.42 Å². The van der Waals surface area contributed by atoms with E-state index in [-0.39, 0.29) is 5.69 Å². The van der Waals surface area contributed by atoms with Crippen LogP contribution in [-0.4, -0.2) is 5.03 Å². The molecule has 2 N–H and O–H groups in total. The summed E-state index contributed by atoms with van der Waals surface area (Å²) < 4.78 is 4.56. The molecule has 0 fully saturated rings. The van der Waals surface area contributed by atoms with Crippen molar-refractivity contribution in [1.29, 1.82) is 0 Å². The highest BCUT2D eigenvalue weighted by Gasteiger charge is 2.11. The van der Waals surface area contributed by atoms with Gasteiger partial charge in [0.1, 0.15) is 6.26 Å². The van der Waals surface area contributed by atoms with E-state index in [0.29, 0.717) is 5.12 Å². The molecule has 0 unspecified atom stereocenters. The van der Waals surface area contributed by atoms with E-state index < -0.39 is 5.03 Å². The van der Waals surface area contributed by atoms with Gasteiger partial charge in [-0.25, -0.2) is 10.1 Å². The van der Waals surface area contributed by atoms with Crippen molar-refractivity contribution in [2.24, 2.45) is 5.84 Å². The first-order chi connectivity index (χ1) is 4.72. The highest BCUT2D eigenvalue weighted by atomic mass is 16.7. The smallest absolute Gasteiger partial charge is 0.181 e. The molecule has 0 radical (unpaired) electrons. The Morgan fingerprint density at radius 1 is 1.80 bits per heavy atom. The third-order valence-corrected chi connectivity index (χ3v) is 0.947. The predicted octanol–water partition coefficient (Wildman–Crippen LogP) is 0.151. The fourth-order valence-corrected chi connectivity index (χ4v) is 0.482. The van der Waals surface area contributed by atoms with Crippen LogP contribution in [0.3, 0.4) is 0 Å². The molecule has 0 aliphatic carbocycles. The number of nitrogens with two attached hydrogens (primary N) is 1. The van der Waals surface area contributed by atoms with E-state index in [1.54, 1.807) is 0 Å². The molecule has 1 rings (SSSR count). The van der Waals surface area contributed by atoms with Crippen LogP contribution in [0, 0.1) is 10.1 Å². The third kappa shape index (κ3) is 1.06. The molecule has 0 bridgehead atoms. The molecule has 1 aromatic rings. The van der Waals surface area contributed by atoms with E-state index in [1.165, 1.54) is 18.6 Å². The zero-order valence-corrected chi connectivity index (χ0v) is 4.93. The SMILES string of the molecule is NN(c1ccoc1)[N+](=O)[O-]. The second-order valence-corrected chi connectivity index (χ2v) is 1.56. The van der Waals surface area contributed by atoms with Crippen molar-refractivity contribution in [2.45, 2.75) is 0 Å². The van der Waals surface area contributed by atoms with Gasteiger partial charge in [-0.2, -0.15) is 5.84 Å². The Labute approximate surface area is 55.9 Å². The van der Waals surface area contributed by atoms with Gasteiger partial charge in [-0.3, -0.25) is 0 Å². The van der Waals surface area contributed by atoms with Crippen molar-refractivity contribution >= 4 is 5.69 Å². The number of hydrogen-bond donors (Lipinski definition) is 1. The highest BCUT2D eigenvalue weighted by Crippen LogP contribution is 2.09. The molecule has 6 nitrogen and oxygen atoms in total. The van der Waals surface area contributed by atoms with Crippen LogP contribution in [0.1, 0.15) is 0 Å². The normalized spacial score (nSPS) is 9.30. The minimum Gasteiger partial charge on any atom is -0.470 e. The van der Waals surface area contributed by atoms with Gasteiger partial charge in [0.05, 0.1) is 6.26 Å². The summed E-state index contributed by atoms with van der Waals surface area (Å²) in [6.45, 7) is 0. The monoisotopic (exact) mass is 143 g/mol. The molecule has 54 valence electrons. The van der Waals surface area contributed by atoms with Crippen molar-refractivity contribution in [3.05, 3.63) is 28.7 Å². The molecule has 0 spiro atoms. The van der Waals surface area contributed by atoms with Gasteiger partial charge >= 0.3 is 0 Å². The van der Waals surface area contributed by atoms with Crippen molar-refractivity contribution in [3.8, 4) is 0 Å². The number of nitro groups is 1. The van der Waals surface area contributed by atoms with E-state index in [9.17, 15) is 10.1 Å². The fraction of sp³-hybridized carbons (Fsp3) is 0. The Morgan fingerprint density at radius 2 is 2.50 bits per heavy atom. The Kier molecular flexibility index (Phi) is 1.55. The Balaban J connectivity index is 2.77. The minimum absolute atomic E-state index is 0.213. The maximum atomic E-state index is 9.96. The molecule has 0 atom stereocenters. The molecule has 1 aromatic heterocycles. The topological polar surface area (TPSA) is 85.5 Å². The standard InChI is InChI=1S/C4H5N3O3/c5-6(7(8)9)4-1-2-10-3-4/h1-3H,5H2. The summed E-state index contributed by atoms with van der Waals surface area (Å²) in [5.41, 5.74) is 0.213. The number of hydrogen-bond acceptors (Lipinski definition) is 4. The van der Waals surface area contributed by atoms with Crippen LogP contribution < -0.4 is 11.0 Å². The molecule has 0 aliphatic heterocycles. The first kappa shape index (κ1) is 6.56. The van der Waals surface area contributed by atoms with E-state index in [4.69, 9.17) is 5.84 Å². The van der Waals surface area contributed by atoms with Crippen LogP contribution in [-0.2, 0) is 0 Å². The van der Waals surface area contributed by atoms with Crippen molar-refractivity contribution in [2.75, 3.05) is 5.12 Å². The lowest BCUT2D eigenvalue weighted by atomic mass is 10.5. The average Bonchev–Trinajstić information content (AvgIpc) is 2.36. The summed E-state index contributed by atoms with van der Waals surface area (Å²) in [4.78, 5) is 9.96. The maximum Gasteiger partial charge on any atom is 0.181 e. The summed E-state index contributed by atoms with van der Waals surface area (Å²) in [5, 5.41) is 9.60. The summed E-state index contributed by atoms with van der Waals surface area (Å²) in [6, 6.07) is 1.39. The molecule has 0 saturated heterocycles. The number of hydrazine groups is 2. The fourth-order valence-electron chi connectivity index (χ4n) is 0.482. The van der Waals surface area contributed by atoms with Crippen LogP contribution in [0.15, 0.2) is 23.0 Å². The van der Waals surface area contributed by atoms with Crippen LogP contribution in [0.2, 0.25) is 0 Å². The van der Waals surface area contributed by atoms with Gasteiger partial charge in [-0.1, -0.05) is 0 Å². The number of anilines is 1. The second-order valence-electron chi connectivity index (χ2n) is 1.56. The van der Waals surface area contributed by atoms with Crippen molar-refractivity contribution in [1.82, 2.24) is 0 Å². The maximum absolute atomic E-state index is 9.96. The summed E-state index contributed by atoms with van der Waals surface area (Å²) in [6.07, 6.45) is 2.49. The second kappa shape index (κ2) is 2.36. The van der Waals surface area contributed by atoms with Gasteiger partial charge in [0.15, 0.2) is 10.7 Å². The van der Waals surface area contributed by atoms with Crippen LogP contribution in [0.5, 0.6) is 0 Å². The summed E-state index contributed by atoms with van der Waals surface area (Å²) >= 11 is 0. The molecule has 1 heterocycles. The summed E-state index contributed by atoms with van der Waals surface area (Å²) in [7, 11) is 0. The average molecular weight is 143 g/mol. The minimum atomic E-state index is -0.745. The Hall–Kier alpha value is -1.56. The summed E-state index contributed by atoms with van der Waals surface area (Å²) in [5.74, 6) is 4.96. The molecule has 0 saturated carbocycles. The largest absolute Gasteiger partial charge is 0.470 e. The van der Waals surface area contributed by atoms with Gasteiger partial charge in [0.25, 0.3) is 0 Å². The first-order valence-electron chi connectivity index (χ1n) is 2.43. The van der Waals surface area contributed by atoms with Crippen LogP contribution in [0.25, 0.3) is 0 Å². The number of nitrogens with zero attached hydrogens (tertiary/aromatic N) is 2. The van der Waals surface area contributed by atoms with Crippen molar-refractivity contribution in [3.63, 3.8) is 0 Å². The molecule has 10 heavy (non-hydrogen) atoms. The molecular weight excluding hydrogens is 138 g/mol. The van der Waals surface area contributed by atoms with Crippen LogP contribution in [0.4, 0.5) is 5.69 Å². The molecule has 6 heteroatoms. The van der Waals surface area contributed by atoms with Gasteiger partial charge < -0.3 is 4.42 Å². The number of rotatable bonds is 2. The molecular formula is C4H5N3O3. The zero-order valence-electron chi connectivity index (χ0n) is 4.93. The molecule has 0 aliphatic rings. The molecule has 0 aromatic carbocycles. The Bertz CT molecular complexity index is 220. The first-order valence-corrected chi connectivity index (χ1v) is 2.43. The Morgan fingerprint density at radius 3 is 2.90 bits per heavy atom. The lowest BCUT2D eigenvalue weighted by Gasteiger charge is -2.01. The lowest BCUT2D eigenvalue weighted by Crippen LogP contribution is -2.36. The third-order valence-electron chi connectivity index (χ3n) is 0.947. The van der Waals surface area contributed by atoms with Gasteiger partial charge in [0.2, 0.25) is 0 Å². The lowest BCUT2D eigenvalue weighted by molar-refractivity contribution is -0.496. The van der Waals surface area contributed by atoms with Crippen molar-refractivity contribution < 1.29 is 9.45 Å². The van der Waals surface area contributed by atoms with E-state index in [0.717, 1.165) is 0 Å². The zero-order chi connectivity index (χ0) is 7.56. The van der Waals surface area contributed by atoms with Gasteiger partial charge in [-0.05, 0) is 5.12 Å². The van der Waals surface area contributed by atoms with Crippen LogP contribution >= 0.6 is 0 Å². The van der Waals surface area contributed by atoms with E-state index >= 15 is 0 Å². The van der Waals surface area contributed by atoms with Gasteiger partial charge in [0, 0.05) is 6.07 Å². The highest BCUT2D eigenvalue weighted by molar-refractivity contribution is 5.37.